The Kier molecular flexibility index (Phi) is 35.1. The zero-order chi connectivity index (χ0) is 39.1. The molecule has 0 aromatic carbocycles. The van der Waals surface area contributed by atoms with Gasteiger partial charge in [0.05, 0.1) is 12.7 Å². The number of esters is 2. The maximum Gasteiger partial charge on any atom is 0.469 e. The van der Waals surface area contributed by atoms with Gasteiger partial charge in [-0.15, -0.1) is 0 Å². The van der Waals surface area contributed by atoms with E-state index in [0.29, 0.717) is 25.7 Å². The van der Waals surface area contributed by atoms with Gasteiger partial charge >= 0.3 is 19.8 Å². The fourth-order valence-electron chi connectivity index (χ4n) is 4.73. The number of rotatable bonds is 34. The number of phosphoric acid groups is 1. The Labute approximate surface area is 320 Å². The number of hydrogen-bond acceptors (Lipinski definition) is 7. The molecule has 2 atom stereocenters. The Balaban J connectivity index is 4.21. The molecule has 0 saturated carbocycles. The molecule has 53 heavy (non-hydrogen) atoms. The molecule has 0 aliphatic carbocycles. The first-order valence-corrected chi connectivity index (χ1v) is 21.2. The number of hydrogen-bond donors (Lipinski definition) is 3. The van der Waals surface area contributed by atoms with Crippen molar-refractivity contribution in [3.63, 3.8) is 0 Å². The molecule has 0 amide bonds. The molecule has 0 aromatic rings. The average molecular weight is 761 g/mol. The molecule has 300 valence electrons. The predicted molar refractivity (Wildman–Crippen MR) is 217 cm³/mol. The van der Waals surface area contributed by atoms with Gasteiger partial charge in [-0.05, 0) is 83.5 Å². The lowest BCUT2D eigenvalue weighted by Crippen LogP contribution is -2.29. The molecule has 3 N–H and O–H groups in total. The van der Waals surface area contributed by atoms with Gasteiger partial charge in [0.15, 0.2) is 6.10 Å². The number of aliphatic hydroxyl groups is 1. The van der Waals surface area contributed by atoms with Crippen LogP contribution in [0, 0.1) is 0 Å². The van der Waals surface area contributed by atoms with E-state index in [-0.39, 0.29) is 19.4 Å². The summed E-state index contributed by atoms with van der Waals surface area (Å²) in [6, 6.07) is 0. The van der Waals surface area contributed by atoms with Gasteiger partial charge in [-0.3, -0.25) is 14.1 Å². The number of allylic oxidation sites excluding steroid dienone is 14. The zero-order valence-corrected chi connectivity index (χ0v) is 33.4. The quantitative estimate of drug-likeness (QED) is 0.0192. The number of aliphatic hydroxyl groups excluding tert-OH is 1. The minimum Gasteiger partial charge on any atom is -0.462 e. The third kappa shape index (κ3) is 40.0. The summed E-state index contributed by atoms with van der Waals surface area (Å²) < 4.78 is 26.2. The van der Waals surface area contributed by atoms with Gasteiger partial charge in [-0.2, -0.15) is 0 Å². The van der Waals surface area contributed by atoms with E-state index in [0.717, 1.165) is 64.2 Å². The third-order valence-electron chi connectivity index (χ3n) is 7.67. The summed E-state index contributed by atoms with van der Waals surface area (Å²) in [4.78, 5) is 42.8. The topological polar surface area (TPSA) is 140 Å². The van der Waals surface area contributed by atoms with Gasteiger partial charge in [-0.25, -0.2) is 4.57 Å². The average Bonchev–Trinajstić information content (AvgIpc) is 3.12. The monoisotopic (exact) mass is 760 g/mol. The molecule has 0 aliphatic heterocycles. The van der Waals surface area contributed by atoms with Crippen molar-refractivity contribution in [1.82, 2.24) is 0 Å². The number of ether oxygens (including phenoxy) is 2. The highest BCUT2D eigenvalue weighted by Gasteiger charge is 2.22. The second-order valence-corrected chi connectivity index (χ2v) is 14.0. The lowest BCUT2D eigenvalue weighted by Gasteiger charge is -2.18. The molecule has 9 nitrogen and oxygen atoms in total. The molecule has 0 rings (SSSR count). The fraction of sp³-hybridized carbons (Fsp3) is 0.581. The summed E-state index contributed by atoms with van der Waals surface area (Å²) in [5.41, 5.74) is 0. The third-order valence-corrected chi connectivity index (χ3v) is 8.15. The van der Waals surface area contributed by atoms with E-state index < -0.39 is 38.6 Å². The van der Waals surface area contributed by atoms with Crippen LogP contribution >= 0.6 is 7.82 Å². The summed E-state index contributed by atoms with van der Waals surface area (Å²) in [6.07, 6.45) is 47.2. The smallest absolute Gasteiger partial charge is 0.462 e. The maximum atomic E-state index is 12.4. The van der Waals surface area contributed by atoms with Crippen molar-refractivity contribution in [3.8, 4) is 0 Å². The molecule has 0 radical (unpaired) electrons. The summed E-state index contributed by atoms with van der Waals surface area (Å²) in [5.74, 6) is -1.05. The highest BCUT2D eigenvalue weighted by Crippen LogP contribution is 2.36. The zero-order valence-electron chi connectivity index (χ0n) is 32.5. The second kappa shape index (κ2) is 37.3. The lowest BCUT2D eigenvalue weighted by molar-refractivity contribution is -0.161. The van der Waals surface area contributed by atoms with Crippen molar-refractivity contribution in [2.75, 3.05) is 13.2 Å². The minimum absolute atomic E-state index is 0.120. The highest BCUT2D eigenvalue weighted by molar-refractivity contribution is 7.46. The van der Waals surface area contributed by atoms with Crippen LogP contribution in [0.25, 0.3) is 0 Å². The van der Waals surface area contributed by atoms with Crippen LogP contribution in [0.3, 0.4) is 0 Å². The van der Waals surface area contributed by atoms with Crippen molar-refractivity contribution in [3.05, 3.63) is 97.2 Å². The van der Waals surface area contributed by atoms with Crippen molar-refractivity contribution in [2.24, 2.45) is 0 Å². The van der Waals surface area contributed by atoms with Crippen LogP contribution in [0.15, 0.2) is 97.2 Å². The second-order valence-electron chi connectivity index (χ2n) is 12.7. The van der Waals surface area contributed by atoms with Crippen molar-refractivity contribution in [2.45, 2.75) is 148 Å². The number of phosphoric ester groups is 1. The van der Waals surface area contributed by atoms with Crippen LogP contribution in [-0.4, -0.2) is 52.3 Å². The Hall–Kier alpha value is -3.07. The van der Waals surface area contributed by atoms with E-state index in [9.17, 15) is 19.3 Å². The molecule has 0 spiro atoms. The first-order valence-electron chi connectivity index (χ1n) is 19.6. The van der Waals surface area contributed by atoms with E-state index >= 15 is 0 Å². The fourth-order valence-corrected chi connectivity index (χ4v) is 5.09. The Morgan fingerprint density at radius 2 is 1.15 bits per heavy atom. The number of carbonyl (C=O) groups excluding carboxylic acids is 2. The van der Waals surface area contributed by atoms with Gasteiger partial charge < -0.3 is 24.4 Å². The highest BCUT2D eigenvalue weighted by atomic mass is 31.2. The molecular weight excluding hydrogens is 691 g/mol. The molecule has 1 unspecified atom stereocenters. The van der Waals surface area contributed by atoms with E-state index in [1.54, 1.807) is 12.2 Å². The summed E-state index contributed by atoms with van der Waals surface area (Å²) >= 11 is 0. The van der Waals surface area contributed by atoms with E-state index in [1.807, 2.05) is 18.2 Å². The van der Waals surface area contributed by atoms with Crippen LogP contribution in [0.1, 0.15) is 136 Å². The molecule has 0 aliphatic rings. The van der Waals surface area contributed by atoms with E-state index in [1.165, 1.54) is 19.3 Å². The molecule has 0 bridgehead atoms. The normalized spacial score (nSPS) is 14.1. The predicted octanol–water partition coefficient (Wildman–Crippen LogP) is 10.8. The summed E-state index contributed by atoms with van der Waals surface area (Å²) in [6.45, 7) is 3.37. The van der Waals surface area contributed by atoms with Crippen molar-refractivity contribution < 1.29 is 43.0 Å². The van der Waals surface area contributed by atoms with Gasteiger partial charge in [-0.1, -0.05) is 137 Å². The summed E-state index contributed by atoms with van der Waals surface area (Å²) in [7, 11) is -4.80. The number of carbonyl (C=O) groups is 2. The van der Waals surface area contributed by atoms with Gasteiger partial charge in [0.2, 0.25) is 0 Å². The molecule has 0 fully saturated rings. The largest absolute Gasteiger partial charge is 0.469 e. The van der Waals surface area contributed by atoms with Crippen molar-refractivity contribution >= 4 is 19.8 Å². The standard InChI is InChI=1S/C43H69O9P/c1-3-5-7-9-11-13-14-15-16-17-18-19-20-22-24-28-33-37-43(46)52-41(39-51-53(47,48)49)38-50-42(45)36-32-29-25-27-31-35-40(44)34-30-26-23-21-12-10-8-6-4-2/h5,7,11-13,15-16,18-19,21,25-27,30-31,35,40-41,44H,3-4,6,8-10,14,17,20,22-24,28-29,32-34,36-39H2,1-2H3,(H2,47,48,49)/b7-5-,13-11-,16-15-,19-18-,21-12-,27-25+,30-26-,35-31-/t40?,41-/m1/s1. The van der Waals surface area contributed by atoms with Crippen LogP contribution in [0.4, 0.5) is 0 Å². The van der Waals surface area contributed by atoms with Crippen LogP contribution in [0.2, 0.25) is 0 Å². The van der Waals surface area contributed by atoms with Gasteiger partial charge in [0.1, 0.15) is 6.61 Å². The van der Waals surface area contributed by atoms with Crippen molar-refractivity contribution in [1.29, 1.82) is 0 Å². The molecule has 0 saturated heterocycles. The first-order chi connectivity index (χ1) is 25.7. The first kappa shape index (κ1) is 49.9. The van der Waals surface area contributed by atoms with Crippen LogP contribution < -0.4 is 0 Å². The van der Waals surface area contributed by atoms with Crippen LogP contribution in [0.5, 0.6) is 0 Å². The number of unbranched alkanes of at least 4 members (excludes halogenated alkanes) is 8. The van der Waals surface area contributed by atoms with E-state index in [2.05, 4.69) is 85.2 Å². The Morgan fingerprint density at radius 1 is 0.604 bits per heavy atom. The van der Waals surface area contributed by atoms with Crippen LogP contribution in [-0.2, 0) is 28.2 Å². The molecule has 10 heteroatoms. The molecule has 0 heterocycles. The molecule has 0 aromatic heterocycles. The lowest BCUT2D eigenvalue weighted by atomic mass is 10.1. The molecular formula is C43H69O9P. The minimum atomic E-state index is -4.80. The Morgan fingerprint density at radius 3 is 1.77 bits per heavy atom. The van der Waals surface area contributed by atoms with Gasteiger partial charge in [0.25, 0.3) is 0 Å². The SMILES string of the molecule is CC/C=C\C/C=C\C/C=C\C/C=C\CCCCCCC(=O)O[C@H](COC(=O)CCC/C=C/C=C\C(O)C/C=C\C/C=C\CCCCC)COP(=O)(O)O. The van der Waals surface area contributed by atoms with E-state index in [4.69, 9.17) is 19.3 Å². The Bertz CT molecular complexity index is 1190. The van der Waals surface area contributed by atoms with Gasteiger partial charge in [0, 0.05) is 12.8 Å². The summed E-state index contributed by atoms with van der Waals surface area (Å²) in [5, 5.41) is 10.1. The maximum absolute atomic E-state index is 12.4.